The molecule has 0 aromatic heterocycles. The van der Waals surface area contributed by atoms with E-state index in [0.29, 0.717) is 24.1 Å². The fourth-order valence-electron chi connectivity index (χ4n) is 3.69. The molecule has 2 unspecified atom stereocenters. The predicted molar refractivity (Wildman–Crippen MR) is 80.9 cm³/mol. The van der Waals surface area contributed by atoms with Crippen LogP contribution in [0.25, 0.3) is 0 Å². The lowest BCUT2D eigenvalue weighted by atomic mass is 10.0. The van der Waals surface area contributed by atoms with Crippen molar-refractivity contribution in [3.8, 4) is 6.07 Å². The van der Waals surface area contributed by atoms with Gasteiger partial charge < -0.3 is 4.90 Å². The lowest BCUT2D eigenvalue weighted by Gasteiger charge is -2.41. The van der Waals surface area contributed by atoms with E-state index in [9.17, 15) is 4.79 Å². The molecule has 2 fully saturated rings. The van der Waals surface area contributed by atoms with Crippen LogP contribution in [-0.4, -0.2) is 47.4 Å². The number of likely N-dealkylation sites (N-methyl/N-ethyl adjacent to an activating group) is 1. The molecule has 4 heteroatoms. The number of hydrogen-bond acceptors (Lipinski definition) is 3. The molecule has 4 nitrogen and oxygen atoms in total. The number of benzene rings is 1. The molecule has 2 aliphatic heterocycles. The Morgan fingerprint density at radius 3 is 2.57 bits per heavy atom. The Labute approximate surface area is 126 Å². The van der Waals surface area contributed by atoms with E-state index >= 15 is 0 Å². The topological polar surface area (TPSA) is 47.3 Å². The number of fused-ring (bicyclic) bond motifs is 2. The van der Waals surface area contributed by atoms with Gasteiger partial charge in [-0.1, -0.05) is 25.1 Å². The van der Waals surface area contributed by atoms with Crippen molar-refractivity contribution in [1.82, 2.24) is 9.80 Å². The van der Waals surface area contributed by atoms with E-state index in [1.807, 2.05) is 24.3 Å². The largest absolute Gasteiger partial charge is 0.330 e. The van der Waals surface area contributed by atoms with Gasteiger partial charge in [0.1, 0.15) is 0 Å². The molecule has 0 aliphatic carbocycles. The van der Waals surface area contributed by atoms with Crippen molar-refractivity contribution in [1.29, 1.82) is 5.26 Å². The molecule has 2 saturated heterocycles. The SMILES string of the molecule is CCN1CC2CCC(C1)N2C(=O)c1ccccc1CC#N. The minimum Gasteiger partial charge on any atom is -0.330 e. The van der Waals surface area contributed by atoms with Crippen molar-refractivity contribution in [3.05, 3.63) is 35.4 Å². The van der Waals surface area contributed by atoms with Gasteiger partial charge in [-0.05, 0) is 31.0 Å². The van der Waals surface area contributed by atoms with Gasteiger partial charge in [0.2, 0.25) is 0 Å². The maximum absolute atomic E-state index is 12.9. The summed E-state index contributed by atoms with van der Waals surface area (Å²) in [6.45, 7) is 5.21. The maximum atomic E-state index is 12.9. The minimum absolute atomic E-state index is 0.115. The van der Waals surface area contributed by atoms with E-state index in [0.717, 1.165) is 38.0 Å². The molecule has 0 N–H and O–H groups in total. The van der Waals surface area contributed by atoms with Crippen LogP contribution < -0.4 is 0 Å². The van der Waals surface area contributed by atoms with E-state index in [2.05, 4.69) is 22.8 Å². The van der Waals surface area contributed by atoms with Crippen LogP contribution in [0.3, 0.4) is 0 Å². The normalized spacial score (nSPS) is 24.9. The molecule has 0 radical (unpaired) electrons. The molecule has 1 aromatic carbocycles. The second-order valence-electron chi connectivity index (χ2n) is 5.94. The summed E-state index contributed by atoms with van der Waals surface area (Å²) in [5, 5.41) is 8.94. The molecular weight excluding hydrogens is 262 g/mol. The van der Waals surface area contributed by atoms with Crippen LogP contribution in [0.4, 0.5) is 0 Å². The van der Waals surface area contributed by atoms with E-state index in [4.69, 9.17) is 5.26 Å². The van der Waals surface area contributed by atoms with Crippen molar-refractivity contribution in [2.75, 3.05) is 19.6 Å². The molecule has 3 rings (SSSR count). The monoisotopic (exact) mass is 283 g/mol. The van der Waals surface area contributed by atoms with Crippen molar-refractivity contribution in [3.63, 3.8) is 0 Å². The van der Waals surface area contributed by atoms with E-state index in [-0.39, 0.29) is 5.91 Å². The van der Waals surface area contributed by atoms with Gasteiger partial charge in [-0.25, -0.2) is 0 Å². The molecular formula is C17H21N3O. The lowest BCUT2D eigenvalue weighted by Crippen LogP contribution is -2.55. The van der Waals surface area contributed by atoms with E-state index in [1.54, 1.807) is 0 Å². The number of likely N-dealkylation sites (tertiary alicyclic amines) is 1. The highest BCUT2D eigenvalue weighted by Crippen LogP contribution is 2.32. The highest BCUT2D eigenvalue weighted by atomic mass is 16.2. The van der Waals surface area contributed by atoms with Crippen LogP contribution in [0, 0.1) is 11.3 Å². The Kier molecular flexibility index (Phi) is 3.94. The fourth-order valence-corrected chi connectivity index (χ4v) is 3.69. The third-order valence-electron chi connectivity index (χ3n) is 4.76. The standard InChI is InChI=1S/C17H21N3O/c1-2-19-11-14-7-8-15(12-19)20(14)17(21)16-6-4-3-5-13(16)9-10-18/h3-6,14-15H,2,7-9,11-12H2,1H3. The Balaban J connectivity index is 1.85. The second-order valence-corrected chi connectivity index (χ2v) is 5.94. The average Bonchev–Trinajstić information content (AvgIpc) is 2.77. The molecule has 1 aromatic rings. The average molecular weight is 283 g/mol. The van der Waals surface area contributed by atoms with Gasteiger partial charge in [0, 0.05) is 30.7 Å². The summed E-state index contributed by atoms with van der Waals surface area (Å²) >= 11 is 0. The molecule has 0 saturated carbocycles. The number of nitrogens with zero attached hydrogens (tertiary/aromatic N) is 3. The van der Waals surface area contributed by atoms with Gasteiger partial charge in [-0.2, -0.15) is 5.26 Å². The molecule has 2 heterocycles. The van der Waals surface area contributed by atoms with Gasteiger partial charge in [0.15, 0.2) is 0 Å². The Morgan fingerprint density at radius 2 is 1.95 bits per heavy atom. The molecule has 1 amide bonds. The molecule has 2 aliphatic rings. The molecule has 2 bridgehead atoms. The van der Waals surface area contributed by atoms with Crippen molar-refractivity contribution < 1.29 is 4.79 Å². The number of amides is 1. The first-order valence-corrected chi connectivity index (χ1v) is 7.74. The van der Waals surface area contributed by atoms with Gasteiger partial charge in [-0.15, -0.1) is 0 Å². The Hall–Kier alpha value is -1.86. The zero-order chi connectivity index (χ0) is 14.8. The third kappa shape index (κ3) is 2.54. The number of nitriles is 1. The summed E-state index contributed by atoms with van der Waals surface area (Å²) < 4.78 is 0. The Bertz CT molecular complexity index is 564. The molecule has 2 atom stereocenters. The minimum atomic E-state index is 0.115. The first kappa shape index (κ1) is 14.1. The van der Waals surface area contributed by atoms with Crippen LogP contribution >= 0.6 is 0 Å². The van der Waals surface area contributed by atoms with Crippen LogP contribution in [0.5, 0.6) is 0 Å². The molecule has 0 spiro atoms. The highest BCUT2D eigenvalue weighted by Gasteiger charge is 2.42. The predicted octanol–water partition coefficient (Wildman–Crippen LogP) is 2.06. The van der Waals surface area contributed by atoms with Crippen LogP contribution in [0.1, 0.15) is 35.7 Å². The first-order valence-electron chi connectivity index (χ1n) is 7.74. The van der Waals surface area contributed by atoms with E-state index in [1.165, 1.54) is 0 Å². The molecule has 110 valence electrons. The number of rotatable bonds is 3. The fraction of sp³-hybridized carbons (Fsp3) is 0.529. The quantitative estimate of drug-likeness (QED) is 0.853. The number of carbonyl (C=O) groups excluding carboxylic acids is 1. The van der Waals surface area contributed by atoms with Gasteiger partial charge in [0.25, 0.3) is 5.91 Å². The van der Waals surface area contributed by atoms with Gasteiger partial charge >= 0.3 is 0 Å². The summed E-state index contributed by atoms with van der Waals surface area (Å²) in [5.74, 6) is 0.115. The van der Waals surface area contributed by atoms with Crippen LogP contribution in [0.15, 0.2) is 24.3 Å². The maximum Gasteiger partial charge on any atom is 0.254 e. The highest BCUT2D eigenvalue weighted by molar-refractivity contribution is 5.96. The summed E-state index contributed by atoms with van der Waals surface area (Å²) in [6.07, 6.45) is 2.51. The van der Waals surface area contributed by atoms with Crippen LogP contribution in [0.2, 0.25) is 0 Å². The van der Waals surface area contributed by atoms with E-state index < -0.39 is 0 Å². The number of piperazine rings is 1. The first-order chi connectivity index (χ1) is 10.2. The smallest absolute Gasteiger partial charge is 0.254 e. The summed E-state index contributed by atoms with van der Waals surface area (Å²) in [6, 6.07) is 10.4. The van der Waals surface area contributed by atoms with Gasteiger partial charge in [-0.3, -0.25) is 9.69 Å². The summed E-state index contributed by atoms with van der Waals surface area (Å²) in [4.78, 5) is 17.5. The lowest BCUT2D eigenvalue weighted by molar-refractivity contribution is 0.0432. The summed E-state index contributed by atoms with van der Waals surface area (Å²) in [7, 11) is 0. The third-order valence-corrected chi connectivity index (χ3v) is 4.76. The van der Waals surface area contributed by atoms with Crippen molar-refractivity contribution >= 4 is 5.91 Å². The van der Waals surface area contributed by atoms with Crippen LogP contribution in [-0.2, 0) is 6.42 Å². The second kappa shape index (κ2) is 5.87. The zero-order valence-corrected chi connectivity index (χ0v) is 12.5. The van der Waals surface area contributed by atoms with Gasteiger partial charge in [0.05, 0.1) is 12.5 Å². The van der Waals surface area contributed by atoms with Crippen molar-refractivity contribution in [2.24, 2.45) is 0 Å². The van der Waals surface area contributed by atoms with Crippen molar-refractivity contribution in [2.45, 2.75) is 38.3 Å². The zero-order valence-electron chi connectivity index (χ0n) is 12.5. The number of hydrogen-bond donors (Lipinski definition) is 0. The molecule has 21 heavy (non-hydrogen) atoms. The summed E-state index contributed by atoms with van der Waals surface area (Å²) in [5.41, 5.74) is 1.56. The Morgan fingerprint density at radius 1 is 1.29 bits per heavy atom. The number of carbonyl (C=O) groups is 1.